The molecule has 0 N–H and O–H groups in total. The average Bonchev–Trinajstić information content (AvgIpc) is 2.65. The molecule has 2 heterocycles. The van der Waals surface area contributed by atoms with Gasteiger partial charge in [0.1, 0.15) is 11.3 Å². The molecule has 17 heavy (non-hydrogen) atoms. The molecule has 90 valence electrons. The number of pyridine rings is 1. The highest BCUT2D eigenvalue weighted by Gasteiger charge is 2.19. The van der Waals surface area contributed by atoms with Gasteiger partial charge >= 0.3 is 0 Å². The van der Waals surface area contributed by atoms with Gasteiger partial charge in [0.25, 0.3) is 5.91 Å². The minimum absolute atomic E-state index is 0.00166. The van der Waals surface area contributed by atoms with Gasteiger partial charge in [-0.1, -0.05) is 6.92 Å². The maximum Gasteiger partial charge on any atom is 0.272 e. The summed E-state index contributed by atoms with van der Waals surface area (Å²) in [5.74, 6) is -0.00166. The van der Waals surface area contributed by atoms with Crippen LogP contribution in [0.3, 0.4) is 0 Å². The van der Waals surface area contributed by atoms with Crippen LogP contribution in [-0.2, 0) is 6.42 Å². The van der Waals surface area contributed by atoms with Gasteiger partial charge in [0, 0.05) is 20.3 Å². The minimum Gasteiger partial charge on any atom is -0.343 e. The van der Waals surface area contributed by atoms with Gasteiger partial charge in [0.15, 0.2) is 0 Å². The lowest BCUT2D eigenvalue weighted by atomic mass is 10.2. The number of imidazole rings is 1. The lowest BCUT2D eigenvalue weighted by Gasteiger charge is -2.11. The molecule has 4 nitrogen and oxygen atoms in total. The summed E-state index contributed by atoms with van der Waals surface area (Å²) in [4.78, 5) is 18.2. The van der Waals surface area contributed by atoms with Crippen LogP contribution in [0, 0.1) is 6.92 Å². The molecule has 4 heteroatoms. The molecule has 0 fully saturated rings. The predicted molar refractivity (Wildman–Crippen MR) is 67.3 cm³/mol. The van der Waals surface area contributed by atoms with Crippen LogP contribution in [0.5, 0.6) is 0 Å². The summed E-state index contributed by atoms with van der Waals surface area (Å²) >= 11 is 0. The SMILES string of the molecule is CCc1nc2cc(C)ccn2c1C(=O)N(C)C. The number of hydrogen-bond acceptors (Lipinski definition) is 2. The van der Waals surface area contributed by atoms with Gasteiger partial charge in [-0.3, -0.25) is 9.20 Å². The molecule has 0 aliphatic rings. The number of nitrogens with zero attached hydrogens (tertiary/aromatic N) is 3. The highest BCUT2D eigenvalue weighted by molar-refractivity contribution is 5.94. The first kappa shape index (κ1) is 11.6. The first-order valence-electron chi connectivity index (χ1n) is 5.73. The second kappa shape index (κ2) is 4.20. The number of rotatable bonds is 2. The zero-order chi connectivity index (χ0) is 12.6. The zero-order valence-corrected chi connectivity index (χ0v) is 10.7. The number of carbonyl (C=O) groups is 1. The molecule has 0 bridgehead atoms. The van der Waals surface area contributed by atoms with E-state index in [1.165, 1.54) is 0 Å². The van der Waals surface area contributed by atoms with Crippen molar-refractivity contribution in [3.8, 4) is 0 Å². The highest BCUT2D eigenvalue weighted by Crippen LogP contribution is 2.16. The minimum atomic E-state index is -0.00166. The van der Waals surface area contributed by atoms with Crippen LogP contribution >= 0.6 is 0 Å². The lowest BCUT2D eigenvalue weighted by molar-refractivity contribution is 0.0820. The van der Waals surface area contributed by atoms with Crippen LogP contribution < -0.4 is 0 Å². The summed E-state index contributed by atoms with van der Waals surface area (Å²) in [6.07, 6.45) is 2.67. The first-order valence-corrected chi connectivity index (χ1v) is 5.73. The third-order valence-corrected chi connectivity index (χ3v) is 2.80. The number of aryl methyl sites for hydroxylation is 2. The van der Waals surface area contributed by atoms with Crippen LogP contribution in [-0.4, -0.2) is 34.3 Å². The van der Waals surface area contributed by atoms with Crippen molar-refractivity contribution < 1.29 is 4.79 Å². The molecule has 0 saturated heterocycles. The topological polar surface area (TPSA) is 37.6 Å². The molecular formula is C13H17N3O. The van der Waals surface area contributed by atoms with Crippen LogP contribution in [0.2, 0.25) is 0 Å². The van der Waals surface area contributed by atoms with Crippen molar-refractivity contribution in [3.63, 3.8) is 0 Å². The maximum absolute atomic E-state index is 12.1. The molecule has 0 atom stereocenters. The quantitative estimate of drug-likeness (QED) is 0.791. The van der Waals surface area contributed by atoms with Crippen molar-refractivity contribution in [3.05, 3.63) is 35.3 Å². The molecule has 0 aliphatic heterocycles. The van der Waals surface area contributed by atoms with Crippen molar-refractivity contribution in [2.75, 3.05) is 14.1 Å². The van der Waals surface area contributed by atoms with E-state index in [4.69, 9.17) is 0 Å². The molecule has 2 aromatic rings. The summed E-state index contributed by atoms with van der Waals surface area (Å²) in [5.41, 5.74) is 3.52. The molecule has 0 aliphatic carbocycles. The van der Waals surface area contributed by atoms with E-state index in [0.717, 1.165) is 23.3 Å². The second-order valence-corrected chi connectivity index (χ2v) is 4.39. The zero-order valence-electron chi connectivity index (χ0n) is 10.7. The molecule has 0 spiro atoms. The van der Waals surface area contributed by atoms with Crippen LogP contribution in [0.4, 0.5) is 0 Å². The average molecular weight is 231 g/mol. The Morgan fingerprint density at radius 2 is 2.18 bits per heavy atom. The Morgan fingerprint density at radius 1 is 1.47 bits per heavy atom. The van der Waals surface area contributed by atoms with Crippen LogP contribution in [0.15, 0.2) is 18.3 Å². The van der Waals surface area contributed by atoms with Crippen LogP contribution in [0.1, 0.15) is 28.7 Å². The fourth-order valence-electron chi connectivity index (χ4n) is 1.88. The van der Waals surface area contributed by atoms with E-state index in [1.54, 1.807) is 19.0 Å². The Balaban J connectivity index is 2.71. The molecule has 0 saturated carbocycles. The van der Waals surface area contributed by atoms with Gasteiger partial charge in [-0.2, -0.15) is 0 Å². The Morgan fingerprint density at radius 3 is 2.76 bits per heavy atom. The molecular weight excluding hydrogens is 214 g/mol. The van der Waals surface area contributed by atoms with E-state index in [1.807, 2.05) is 36.6 Å². The normalized spacial score (nSPS) is 10.8. The summed E-state index contributed by atoms with van der Waals surface area (Å²) in [6.45, 7) is 4.04. The summed E-state index contributed by atoms with van der Waals surface area (Å²) in [6, 6.07) is 3.98. The Hall–Kier alpha value is -1.84. The lowest BCUT2D eigenvalue weighted by Crippen LogP contribution is -2.24. The molecule has 0 unspecified atom stereocenters. The number of fused-ring (bicyclic) bond motifs is 1. The van der Waals surface area contributed by atoms with E-state index in [2.05, 4.69) is 4.98 Å². The third-order valence-electron chi connectivity index (χ3n) is 2.80. The molecule has 0 aromatic carbocycles. The van der Waals surface area contributed by atoms with Crippen LogP contribution in [0.25, 0.3) is 5.65 Å². The van der Waals surface area contributed by atoms with Gasteiger partial charge in [-0.05, 0) is 31.0 Å². The highest BCUT2D eigenvalue weighted by atomic mass is 16.2. The third kappa shape index (κ3) is 1.90. The van der Waals surface area contributed by atoms with Crippen molar-refractivity contribution >= 4 is 11.6 Å². The summed E-state index contributed by atoms with van der Waals surface area (Å²) < 4.78 is 1.87. The van der Waals surface area contributed by atoms with Crippen molar-refractivity contribution in [1.82, 2.24) is 14.3 Å². The fourth-order valence-corrected chi connectivity index (χ4v) is 1.88. The number of hydrogen-bond donors (Lipinski definition) is 0. The van der Waals surface area contributed by atoms with Gasteiger partial charge in [-0.25, -0.2) is 4.98 Å². The smallest absolute Gasteiger partial charge is 0.272 e. The van der Waals surface area contributed by atoms with Crippen molar-refractivity contribution in [2.45, 2.75) is 20.3 Å². The predicted octanol–water partition coefficient (Wildman–Crippen LogP) is 1.91. The molecule has 2 rings (SSSR count). The van der Waals surface area contributed by atoms with Crippen molar-refractivity contribution in [1.29, 1.82) is 0 Å². The van der Waals surface area contributed by atoms with Gasteiger partial charge in [0.05, 0.1) is 5.69 Å². The largest absolute Gasteiger partial charge is 0.343 e. The van der Waals surface area contributed by atoms with E-state index in [-0.39, 0.29) is 5.91 Å². The van der Waals surface area contributed by atoms with E-state index in [9.17, 15) is 4.79 Å². The number of amides is 1. The monoisotopic (exact) mass is 231 g/mol. The summed E-state index contributed by atoms with van der Waals surface area (Å²) in [5, 5.41) is 0. The van der Waals surface area contributed by atoms with Gasteiger partial charge in [0.2, 0.25) is 0 Å². The van der Waals surface area contributed by atoms with Gasteiger partial charge < -0.3 is 4.90 Å². The Bertz CT molecular complexity index is 569. The summed E-state index contributed by atoms with van der Waals surface area (Å²) in [7, 11) is 3.52. The molecule has 2 aromatic heterocycles. The fraction of sp³-hybridized carbons (Fsp3) is 0.385. The Kier molecular flexibility index (Phi) is 2.88. The number of aromatic nitrogens is 2. The van der Waals surface area contributed by atoms with Crippen molar-refractivity contribution in [2.24, 2.45) is 0 Å². The first-order chi connectivity index (χ1) is 8.04. The Labute approximate surface area is 101 Å². The standard InChI is InChI=1S/C13H17N3O/c1-5-10-12(13(17)15(3)4)16-7-6-9(2)8-11(16)14-10/h6-8H,5H2,1-4H3. The number of carbonyl (C=O) groups excluding carboxylic acids is 1. The van der Waals surface area contributed by atoms with E-state index in [0.29, 0.717) is 5.69 Å². The second-order valence-electron chi connectivity index (χ2n) is 4.39. The maximum atomic E-state index is 12.1. The molecule has 0 radical (unpaired) electrons. The molecule has 1 amide bonds. The van der Waals surface area contributed by atoms with E-state index < -0.39 is 0 Å². The van der Waals surface area contributed by atoms with E-state index >= 15 is 0 Å². The van der Waals surface area contributed by atoms with Gasteiger partial charge in [-0.15, -0.1) is 0 Å².